The number of benzene rings is 1. The molecule has 0 saturated carbocycles. The van der Waals surface area contributed by atoms with Crippen LogP contribution >= 0.6 is 0 Å². The van der Waals surface area contributed by atoms with Gasteiger partial charge in [0.15, 0.2) is 5.82 Å². The molecule has 0 fully saturated rings. The third-order valence-electron chi connectivity index (χ3n) is 3.13. The van der Waals surface area contributed by atoms with Crippen molar-refractivity contribution in [3.63, 3.8) is 0 Å². The zero-order valence-corrected chi connectivity index (χ0v) is 11.5. The number of rotatable bonds is 4. The van der Waals surface area contributed by atoms with E-state index in [-0.39, 0.29) is 17.5 Å². The molecule has 3 nitrogen and oxygen atoms in total. The number of aromatic nitrogens is 1. The van der Waals surface area contributed by atoms with Crippen molar-refractivity contribution in [3.05, 3.63) is 65.7 Å². The monoisotopic (exact) mass is 272 g/mol. The fraction of sp³-hybridized carbons (Fsp3) is 0.250. The highest BCUT2D eigenvalue weighted by atomic mass is 19.1. The first-order valence-corrected chi connectivity index (χ1v) is 6.55. The molecule has 0 aliphatic heterocycles. The summed E-state index contributed by atoms with van der Waals surface area (Å²) >= 11 is 0. The average Bonchev–Trinajstić information content (AvgIpc) is 2.45. The summed E-state index contributed by atoms with van der Waals surface area (Å²) in [6, 6.07) is 10.9. The largest absolute Gasteiger partial charge is 0.345 e. The SMILES string of the molecule is CC(C)C(NC(=O)c1ccncc1F)c1ccccc1. The Kier molecular flexibility index (Phi) is 4.45. The molecular weight excluding hydrogens is 255 g/mol. The van der Waals surface area contributed by atoms with Crippen LogP contribution in [0.4, 0.5) is 4.39 Å². The van der Waals surface area contributed by atoms with Gasteiger partial charge in [-0.15, -0.1) is 0 Å². The first kappa shape index (κ1) is 14.2. The molecule has 2 aromatic rings. The number of carbonyl (C=O) groups excluding carboxylic acids is 1. The van der Waals surface area contributed by atoms with Gasteiger partial charge in [0.2, 0.25) is 0 Å². The molecule has 0 saturated heterocycles. The van der Waals surface area contributed by atoms with Gasteiger partial charge in [0.05, 0.1) is 17.8 Å². The number of hydrogen-bond donors (Lipinski definition) is 1. The summed E-state index contributed by atoms with van der Waals surface area (Å²) in [6.45, 7) is 4.03. The Labute approximate surface area is 117 Å². The fourth-order valence-electron chi connectivity index (χ4n) is 2.07. The molecule has 0 aliphatic carbocycles. The summed E-state index contributed by atoms with van der Waals surface area (Å²) in [5.41, 5.74) is 1.02. The van der Waals surface area contributed by atoms with E-state index >= 15 is 0 Å². The maximum atomic E-state index is 13.6. The zero-order valence-electron chi connectivity index (χ0n) is 11.5. The van der Waals surface area contributed by atoms with Crippen LogP contribution < -0.4 is 5.32 Å². The van der Waals surface area contributed by atoms with E-state index in [1.165, 1.54) is 12.3 Å². The van der Waals surface area contributed by atoms with Crippen LogP contribution in [0.2, 0.25) is 0 Å². The van der Waals surface area contributed by atoms with Crippen molar-refractivity contribution in [1.29, 1.82) is 0 Å². The van der Waals surface area contributed by atoms with Crippen molar-refractivity contribution < 1.29 is 9.18 Å². The lowest BCUT2D eigenvalue weighted by molar-refractivity contribution is 0.0921. The summed E-state index contributed by atoms with van der Waals surface area (Å²) in [7, 11) is 0. The number of hydrogen-bond acceptors (Lipinski definition) is 2. The minimum atomic E-state index is -0.611. The van der Waals surface area contributed by atoms with Gasteiger partial charge in [-0.3, -0.25) is 9.78 Å². The van der Waals surface area contributed by atoms with E-state index < -0.39 is 11.7 Å². The van der Waals surface area contributed by atoms with Crippen LogP contribution in [0.15, 0.2) is 48.8 Å². The van der Waals surface area contributed by atoms with E-state index in [1.807, 2.05) is 44.2 Å². The third-order valence-corrected chi connectivity index (χ3v) is 3.13. The van der Waals surface area contributed by atoms with Crippen molar-refractivity contribution in [2.75, 3.05) is 0 Å². The molecule has 1 atom stereocenters. The van der Waals surface area contributed by atoms with Crippen LogP contribution in [0.1, 0.15) is 35.8 Å². The minimum absolute atomic E-state index is 0.0154. The van der Waals surface area contributed by atoms with Crippen LogP contribution in [0.5, 0.6) is 0 Å². The van der Waals surface area contributed by atoms with Crippen LogP contribution in [0, 0.1) is 11.7 Å². The van der Waals surface area contributed by atoms with Crippen LogP contribution in [0.25, 0.3) is 0 Å². The average molecular weight is 272 g/mol. The molecule has 20 heavy (non-hydrogen) atoms. The molecule has 0 radical (unpaired) electrons. The summed E-state index contributed by atoms with van der Waals surface area (Å²) in [5, 5.41) is 2.88. The lowest BCUT2D eigenvalue weighted by Gasteiger charge is -2.23. The molecule has 1 unspecified atom stereocenters. The van der Waals surface area contributed by atoms with Gasteiger partial charge in [0.25, 0.3) is 5.91 Å². The number of amides is 1. The molecule has 0 aliphatic rings. The number of halogens is 1. The maximum absolute atomic E-state index is 13.6. The molecule has 1 heterocycles. The number of carbonyl (C=O) groups is 1. The van der Waals surface area contributed by atoms with Gasteiger partial charge in [0.1, 0.15) is 0 Å². The molecule has 4 heteroatoms. The van der Waals surface area contributed by atoms with Crippen molar-refractivity contribution >= 4 is 5.91 Å². The summed E-state index contributed by atoms with van der Waals surface area (Å²) < 4.78 is 13.6. The molecule has 0 bridgehead atoms. The normalized spacial score (nSPS) is 12.2. The Balaban J connectivity index is 2.22. The smallest absolute Gasteiger partial charge is 0.254 e. The number of nitrogens with zero attached hydrogens (tertiary/aromatic N) is 1. The standard InChI is InChI=1S/C16H17FN2O/c1-11(2)15(12-6-4-3-5-7-12)19-16(20)13-8-9-18-10-14(13)17/h3-11,15H,1-2H3,(H,19,20). The highest BCUT2D eigenvalue weighted by Crippen LogP contribution is 2.22. The van der Waals surface area contributed by atoms with E-state index in [1.54, 1.807) is 0 Å². The Morgan fingerprint density at radius 2 is 1.90 bits per heavy atom. The predicted molar refractivity (Wildman–Crippen MR) is 75.7 cm³/mol. The first-order chi connectivity index (χ1) is 9.59. The van der Waals surface area contributed by atoms with E-state index in [9.17, 15) is 9.18 Å². The summed E-state index contributed by atoms with van der Waals surface area (Å²) in [6.07, 6.45) is 2.45. The Morgan fingerprint density at radius 3 is 2.50 bits per heavy atom. The van der Waals surface area contributed by atoms with Crippen LogP contribution in [0.3, 0.4) is 0 Å². The molecule has 1 N–H and O–H groups in total. The van der Waals surface area contributed by atoms with Crippen molar-refractivity contribution in [2.24, 2.45) is 5.92 Å². The molecule has 1 aromatic carbocycles. The van der Waals surface area contributed by atoms with Gasteiger partial charge in [0, 0.05) is 6.20 Å². The Bertz CT molecular complexity index is 584. The third kappa shape index (κ3) is 3.20. The van der Waals surface area contributed by atoms with Gasteiger partial charge in [-0.2, -0.15) is 0 Å². The molecule has 104 valence electrons. The number of pyridine rings is 1. The van der Waals surface area contributed by atoms with Crippen molar-refractivity contribution in [3.8, 4) is 0 Å². The molecule has 1 aromatic heterocycles. The van der Waals surface area contributed by atoms with E-state index in [0.717, 1.165) is 11.8 Å². The predicted octanol–water partition coefficient (Wildman–Crippen LogP) is 3.35. The maximum Gasteiger partial charge on any atom is 0.254 e. The number of nitrogens with one attached hydrogen (secondary N) is 1. The van der Waals surface area contributed by atoms with Crippen molar-refractivity contribution in [1.82, 2.24) is 10.3 Å². The second-order valence-corrected chi connectivity index (χ2v) is 4.96. The van der Waals surface area contributed by atoms with Crippen LogP contribution in [-0.2, 0) is 0 Å². The molecule has 0 spiro atoms. The van der Waals surface area contributed by atoms with Gasteiger partial charge < -0.3 is 5.32 Å². The lowest BCUT2D eigenvalue weighted by Crippen LogP contribution is -2.32. The van der Waals surface area contributed by atoms with Gasteiger partial charge in [-0.25, -0.2) is 4.39 Å². The first-order valence-electron chi connectivity index (χ1n) is 6.55. The quantitative estimate of drug-likeness (QED) is 0.927. The lowest BCUT2D eigenvalue weighted by atomic mass is 9.95. The Morgan fingerprint density at radius 1 is 1.20 bits per heavy atom. The second-order valence-electron chi connectivity index (χ2n) is 4.96. The Hall–Kier alpha value is -2.23. The second kappa shape index (κ2) is 6.28. The molecule has 2 rings (SSSR count). The van der Waals surface area contributed by atoms with Gasteiger partial charge >= 0.3 is 0 Å². The summed E-state index contributed by atoms with van der Waals surface area (Å²) in [4.78, 5) is 15.8. The summed E-state index contributed by atoms with van der Waals surface area (Å²) in [5.74, 6) is -0.834. The van der Waals surface area contributed by atoms with Gasteiger partial charge in [-0.05, 0) is 17.5 Å². The fourth-order valence-corrected chi connectivity index (χ4v) is 2.07. The van der Waals surface area contributed by atoms with E-state index in [2.05, 4.69) is 10.3 Å². The highest BCUT2D eigenvalue weighted by molar-refractivity contribution is 5.94. The van der Waals surface area contributed by atoms with E-state index in [0.29, 0.717) is 0 Å². The highest BCUT2D eigenvalue weighted by Gasteiger charge is 2.20. The molecule has 1 amide bonds. The van der Waals surface area contributed by atoms with Crippen molar-refractivity contribution in [2.45, 2.75) is 19.9 Å². The minimum Gasteiger partial charge on any atom is -0.345 e. The molecular formula is C16H17FN2O. The van der Waals surface area contributed by atoms with Gasteiger partial charge in [-0.1, -0.05) is 44.2 Å². The van der Waals surface area contributed by atoms with Crippen LogP contribution in [-0.4, -0.2) is 10.9 Å². The topological polar surface area (TPSA) is 42.0 Å². The van der Waals surface area contributed by atoms with E-state index in [4.69, 9.17) is 0 Å². The zero-order chi connectivity index (χ0) is 14.5.